The number of H-pyrrole nitrogens is 1. The first-order valence-electron chi connectivity index (χ1n) is 9.87. The second-order valence-electron chi connectivity index (χ2n) is 7.36. The van der Waals surface area contributed by atoms with Gasteiger partial charge in [-0.25, -0.2) is 5.48 Å². The minimum absolute atomic E-state index is 0.0107. The normalized spacial score (nSPS) is 11.4. The number of rotatable bonds is 5. The van der Waals surface area contributed by atoms with E-state index in [9.17, 15) is 22.8 Å². The Bertz CT molecular complexity index is 1330. The van der Waals surface area contributed by atoms with Gasteiger partial charge in [0.1, 0.15) is 0 Å². The Morgan fingerprint density at radius 1 is 0.970 bits per heavy atom. The van der Waals surface area contributed by atoms with Gasteiger partial charge in [-0.15, -0.1) is 0 Å². The number of aromatic nitrogens is 1. The van der Waals surface area contributed by atoms with Crippen molar-refractivity contribution in [1.82, 2.24) is 10.5 Å². The van der Waals surface area contributed by atoms with Gasteiger partial charge < -0.3 is 10.3 Å². The van der Waals surface area contributed by atoms with Crippen molar-refractivity contribution in [2.45, 2.75) is 12.6 Å². The molecule has 0 aliphatic carbocycles. The topological polar surface area (TPSA) is 94.2 Å². The zero-order valence-corrected chi connectivity index (χ0v) is 17.0. The van der Waals surface area contributed by atoms with E-state index in [1.54, 1.807) is 30.5 Å². The fourth-order valence-electron chi connectivity index (χ4n) is 3.62. The van der Waals surface area contributed by atoms with Crippen molar-refractivity contribution in [3.05, 3.63) is 89.6 Å². The van der Waals surface area contributed by atoms with Gasteiger partial charge in [-0.05, 0) is 59.2 Å². The standard InChI is InChI=1S/C24H18F3N3O3/c25-24(26,27)20-4-2-1-3-18(20)15-7-10-21-19(11-15)16(13-28-21)12-22(31)29-17-8-5-14(6-9-17)23(32)30-33/h1-11,13,28,33H,12H2,(H,29,31)(H,30,32). The Morgan fingerprint density at radius 2 is 1.70 bits per heavy atom. The lowest BCUT2D eigenvalue weighted by atomic mass is 9.97. The van der Waals surface area contributed by atoms with E-state index in [1.807, 2.05) is 0 Å². The molecule has 4 rings (SSSR count). The Hall–Kier alpha value is -4.11. The summed E-state index contributed by atoms with van der Waals surface area (Å²) in [5.74, 6) is -1.01. The first kappa shape index (κ1) is 22.1. The minimum atomic E-state index is -4.49. The van der Waals surface area contributed by atoms with Crippen LogP contribution in [0.1, 0.15) is 21.5 Å². The van der Waals surface area contributed by atoms with Crippen molar-refractivity contribution < 1.29 is 28.0 Å². The first-order chi connectivity index (χ1) is 15.8. The number of halogens is 3. The zero-order chi connectivity index (χ0) is 23.6. The Kier molecular flexibility index (Phi) is 5.89. The van der Waals surface area contributed by atoms with Crippen molar-refractivity contribution in [3.63, 3.8) is 0 Å². The molecule has 0 atom stereocenters. The van der Waals surface area contributed by atoms with Crippen LogP contribution in [0.3, 0.4) is 0 Å². The Morgan fingerprint density at radius 3 is 2.39 bits per heavy atom. The third kappa shape index (κ3) is 4.73. The highest BCUT2D eigenvalue weighted by atomic mass is 19.4. The summed E-state index contributed by atoms with van der Waals surface area (Å²) < 4.78 is 40.3. The molecule has 6 nitrogen and oxygen atoms in total. The molecule has 0 radical (unpaired) electrons. The van der Waals surface area contributed by atoms with Gasteiger partial charge in [-0.2, -0.15) is 13.2 Å². The number of alkyl halides is 3. The number of carbonyl (C=O) groups is 2. The van der Waals surface area contributed by atoms with E-state index in [0.29, 0.717) is 27.7 Å². The van der Waals surface area contributed by atoms with Gasteiger partial charge in [-0.1, -0.05) is 24.3 Å². The largest absolute Gasteiger partial charge is 0.417 e. The lowest BCUT2D eigenvalue weighted by molar-refractivity contribution is -0.137. The number of hydroxylamine groups is 1. The summed E-state index contributed by atoms with van der Waals surface area (Å²) in [7, 11) is 0. The highest BCUT2D eigenvalue weighted by Crippen LogP contribution is 2.38. The van der Waals surface area contributed by atoms with Crippen molar-refractivity contribution in [3.8, 4) is 11.1 Å². The molecule has 3 aromatic carbocycles. The molecule has 0 fully saturated rings. The predicted molar refractivity (Wildman–Crippen MR) is 117 cm³/mol. The maximum absolute atomic E-state index is 13.4. The van der Waals surface area contributed by atoms with E-state index < -0.39 is 17.6 Å². The van der Waals surface area contributed by atoms with Crippen molar-refractivity contribution in [1.29, 1.82) is 0 Å². The number of carbonyl (C=O) groups excluding carboxylic acids is 2. The van der Waals surface area contributed by atoms with Crippen LogP contribution in [-0.2, 0) is 17.4 Å². The molecule has 0 aliphatic heterocycles. The number of fused-ring (bicyclic) bond motifs is 1. The smallest absolute Gasteiger partial charge is 0.361 e. The summed E-state index contributed by atoms with van der Waals surface area (Å²) in [5, 5.41) is 12.0. The van der Waals surface area contributed by atoms with E-state index in [1.165, 1.54) is 41.9 Å². The second-order valence-corrected chi connectivity index (χ2v) is 7.36. The molecule has 2 amide bonds. The van der Waals surface area contributed by atoms with Crippen LogP contribution in [0.5, 0.6) is 0 Å². The van der Waals surface area contributed by atoms with Gasteiger partial charge in [0, 0.05) is 28.4 Å². The number of anilines is 1. The first-order valence-corrected chi connectivity index (χ1v) is 9.87. The summed E-state index contributed by atoms with van der Waals surface area (Å²) in [5.41, 5.74) is 3.27. The van der Waals surface area contributed by atoms with Crippen molar-refractivity contribution in [2.75, 3.05) is 5.32 Å². The van der Waals surface area contributed by atoms with E-state index in [0.717, 1.165) is 6.07 Å². The number of hydrogen-bond donors (Lipinski definition) is 4. The molecule has 9 heteroatoms. The SMILES string of the molecule is O=C(Cc1c[nH]c2ccc(-c3ccccc3C(F)(F)F)cc12)Nc1ccc(C(=O)NO)cc1. The quantitative estimate of drug-likeness (QED) is 0.249. The molecule has 1 aromatic heterocycles. The van der Waals surface area contributed by atoms with Gasteiger partial charge in [0.2, 0.25) is 5.91 Å². The number of benzene rings is 3. The molecule has 0 saturated heterocycles. The Balaban J connectivity index is 1.57. The average molecular weight is 453 g/mol. The lowest BCUT2D eigenvalue weighted by Gasteiger charge is -2.13. The fourth-order valence-corrected chi connectivity index (χ4v) is 3.62. The molecule has 4 N–H and O–H groups in total. The van der Waals surface area contributed by atoms with Crippen LogP contribution in [0.4, 0.5) is 18.9 Å². The molecule has 33 heavy (non-hydrogen) atoms. The van der Waals surface area contributed by atoms with E-state index in [4.69, 9.17) is 5.21 Å². The summed E-state index contributed by atoms with van der Waals surface area (Å²) in [6, 6.07) is 16.2. The maximum Gasteiger partial charge on any atom is 0.417 e. The van der Waals surface area contributed by atoms with Gasteiger partial charge in [0.15, 0.2) is 0 Å². The second kappa shape index (κ2) is 8.79. The van der Waals surface area contributed by atoms with Crippen LogP contribution in [0, 0.1) is 0 Å². The molecule has 0 bridgehead atoms. The molecule has 0 spiro atoms. The molecule has 0 aliphatic rings. The van der Waals surface area contributed by atoms with Crippen LogP contribution in [0.25, 0.3) is 22.0 Å². The fraction of sp³-hybridized carbons (Fsp3) is 0.0833. The Labute approximate surface area is 186 Å². The summed E-state index contributed by atoms with van der Waals surface area (Å²) in [6.07, 6.45) is -2.85. The molecule has 0 saturated carbocycles. The maximum atomic E-state index is 13.4. The van der Waals surface area contributed by atoms with Crippen molar-refractivity contribution in [2.24, 2.45) is 0 Å². The monoisotopic (exact) mass is 453 g/mol. The van der Waals surface area contributed by atoms with Crippen LogP contribution in [-0.4, -0.2) is 22.0 Å². The third-order valence-corrected chi connectivity index (χ3v) is 5.19. The molecule has 168 valence electrons. The summed E-state index contributed by atoms with van der Waals surface area (Å²) in [4.78, 5) is 27.0. The molecule has 0 unspecified atom stereocenters. The highest BCUT2D eigenvalue weighted by Gasteiger charge is 2.33. The molecule has 4 aromatic rings. The third-order valence-electron chi connectivity index (χ3n) is 5.19. The number of amides is 2. The number of aromatic amines is 1. The van der Waals surface area contributed by atoms with Gasteiger partial charge >= 0.3 is 6.18 Å². The van der Waals surface area contributed by atoms with Crippen molar-refractivity contribution >= 4 is 28.4 Å². The van der Waals surface area contributed by atoms with Crippen LogP contribution in [0.15, 0.2) is 72.9 Å². The summed E-state index contributed by atoms with van der Waals surface area (Å²) in [6.45, 7) is 0. The lowest BCUT2D eigenvalue weighted by Crippen LogP contribution is -2.18. The van der Waals surface area contributed by atoms with Gasteiger partial charge in [0.05, 0.1) is 12.0 Å². The number of hydrogen-bond acceptors (Lipinski definition) is 3. The van der Waals surface area contributed by atoms with Gasteiger partial charge in [-0.3, -0.25) is 14.8 Å². The average Bonchev–Trinajstić information content (AvgIpc) is 3.20. The summed E-state index contributed by atoms with van der Waals surface area (Å²) >= 11 is 0. The van der Waals surface area contributed by atoms with Crippen LogP contribution in [0.2, 0.25) is 0 Å². The molecular formula is C24H18F3N3O3. The molecular weight excluding hydrogens is 435 g/mol. The zero-order valence-electron chi connectivity index (χ0n) is 17.0. The molecule has 1 heterocycles. The highest BCUT2D eigenvalue weighted by molar-refractivity contribution is 5.98. The van der Waals surface area contributed by atoms with E-state index in [2.05, 4.69) is 10.3 Å². The number of nitrogens with one attached hydrogen (secondary N) is 3. The van der Waals surface area contributed by atoms with Crippen LogP contribution < -0.4 is 10.8 Å². The minimum Gasteiger partial charge on any atom is -0.361 e. The van der Waals surface area contributed by atoms with Gasteiger partial charge in [0.25, 0.3) is 5.91 Å². The van der Waals surface area contributed by atoms with E-state index in [-0.39, 0.29) is 23.5 Å². The van der Waals surface area contributed by atoms with Crippen LogP contribution >= 0.6 is 0 Å². The van der Waals surface area contributed by atoms with E-state index >= 15 is 0 Å². The predicted octanol–water partition coefficient (Wildman–Crippen LogP) is 5.15.